The van der Waals surface area contributed by atoms with Crippen LogP contribution in [0.3, 0.4) is 0 Å². The fourth-order valence-corrected chi connectivity index (χ4v) is 3.08. The summed E-state index contributed by atoms with van der Waals surface area (Å²) in [7, 11) is 0.198. The Morgan fingerprint density at radius 1 is 1.20 bits per heavy atom. The van der Waals surface area contributed by atoms with Crippen molar-refractivity contribution in [3.05, 3.63) is 29.8 Å². The highest BCUT2D eigenvalue weighted by Crippen LogP contribution is 2.18. The molecular formula is C17H26N4O3S. The van der Waals surface area contributed by atoms with Crippen molar-refractivity contribution in [3.63, 3.8) is 0 Å². The third-order valence-corrected chi connectivity index (χ3v) is 5.69. The van der Waals surface area contributed by atoms with Crippen LogP contribution in [0, 0.1) is 5.92 Å². The molecule has 0 saturated carbocycles. The lowest BCUT2D eigenvalue weighted by Crippen LogP contribution is -2.38. The van der Waals surface area contributed by atoms with Gasteiger partial charge in [0.15, 0.2) is 0 Å². The number of carbonyl (C=O) groups is 1. The largest absolute Gasteiger partial charge is 0.497 e. The number of methoxy groups -OCH3 is 1. The minimum absolute atomic E-state index is 0.123. The first-order chi connectivity index (χ1) is 11.6. The van der Waals surface area contributed by atoms with E-state index in [0.29, 0.717) is 17.1 Å². The molecule has 1 atom stereocenters. The summed E-state index contributed by atoms with van der Waals surface area (Å²) in [6, 6.07) is 6.89. The molecule has 4 N–H and O–H groups in total. The van der Waals surface area contributed by atoms with Gasteiger partial charge < -0.3 is 16.2 Å². The Hall–Kier alpha value is -2.22. The van der Waals surface area contributed by atoms with E-state index in [1.54, 1.807) is 45.2 Å². The molecule has 138 valence electrons. The second-order valence-corrected chi connectivity index (χ2v) is 8.46. The fraction of sp³-hybridized carbons (Fsp3) is 0.471. The van der Waals surface area contributed by atoms with Crippen LogP contribution in [0.25, 0.3) is 0 Å². The lowest BCUT2D eigenvalue weighted by Gasteiger charge is -2.20. The molecule has 7 nitrogen and oxygen atoms in total. The number of hydrogen-bond acceptors (Lipinski definition) is 3. The summed E-state index contributed by atoms with van der Waals surface area (Å²) in [5, 5.41) is 0. The van der Waals surface area contributed by atoms with E-state index in [0.717, 1.165) is 0 Å². The summed E-state index contributed by atoms with van der Waals surface area (Å²) >= 11 is 0. The van der Waals surface area contributed by atoms with Crippen LogP contribution in [0.1, 0.15) is 33.3 Å². The van der Waals surface area contributed by atoms with Gasteiger partial charge in [0.2, 0.25) is 5.96 Å². The maximum absolute atomic E-state index is 12.3. The lowest BCUT2D eigenvalue weighted by molar-refractivity contribution is -0.119. The van der Waals surface area contributed by atoms with Gasteiger partial charge in [-0.1, -0.05) is 13.8 Å². The van der Waals surface area contributed by atoms with E-state index in [2.05, 4.69) is 9.98 Å². The molecule has 0 radical (unpaired) electrons. The van der Waals surface area contributed by atoms with E-state index in [9.17, 15) is 9.00 Å². The number of hydrogen-bond donors (Lipinski definition) is 2. The number of amidine groups is 1. The molecule has 25 heavy (non-hydrogen) atoms. The van der Waals surface area contributed by atoms with Gasteiger partial charge in [0.1, 0.15) is 16.3 Å². The average molecular weight is 366 g/mol. The van der Waals surface area contributed by atoms with Crippen LogP contribution in [0.15, 0.2) is 34.3 Å². The van der Waals surface area contributed by atoms with E-state index in [1.807, 2.05) is 13.8 Å². The summed E-state index contributed by atoms with van der Waals surface area (Å²) in [5.74, 6) is 0.563. The molecule has 1 amide bonds. The quantitative estimate of drug-likeness (QED) is 0.583. The molecule has 0 aliphatic carbocycles. The third-order valence-electron chi connectivity index (χ3n) is 3.41. The van der Waals surface area contributed by atoms with Gasteiger partial charge in [-0.05, 0) is 44.0 Å². The highest BCUT2D eigenvalue weighted by molar-refractivity contribution is 7.87. The second kappa shape index (κ2) is 8.75. The topological polar surface area (TPSA) is 120 Å². The van der Waals surface area contributed by atoms with Gasteiger partial charge >= 0.3 is 0 Å². The molecule has 8 heteroatoms. The number of benzene rings is 1. The van der Waals surface area contributed by atoms with Crippen LogP contribution in [-0.4, -0.2) is 39.5 Å². The van der Waals surface area contributed by atoms with Crippen LogP contribution in [0.4, 0.5) is 0 Å². The summed E-state index contributed by atoms with van der Waals surface area (Å²) in [4.78, 5) is 20.0. The van der Waals surface area contributed by atoms with Crippen LogP contribution >= 0.6 is 0 Å². The Morgan fingerprint density at radius 3 is 2.24 bits per heavy atom. The lowest BCUT2D eigenvalue weighted by atomic mass is 10.2. The van der Waals surface area contributed by atoms with E-state index in [4.69, 9.17) is 16.2 Å². The zero-order chi connectivity index (χ0) is 19.2. The van der Waals surface area contributed by atoms with Crippen LogP contribution in [0.5, 0.6) is 5.75 Å². The fourth-order valence-electron chi connectivity index (χ4n) is 1.82. The molecule has 1 aromatic carbocycles. The van der Waals surface area contributed by atoms with Crippen LogP contribution in [0.2, 0.25) is 0 Å². The maximum Gasteiger partial charge on any atom is 0.267 e. The smallest absolute Gasteiger partial charge is 0.267 e. The summed E-state index contributed by atoms with van der Waals surface area (Å²) in [6.07, 6.45) is 0. The molecular weight excluding hydrogens is 340 g/mol. The second-order valence-electron chi connectivity index (χ2n) is 6.42. The Morgan fingerprint density at radius 2 is 1.76 bits per heavy atom. The zero-order valence-corrected chi connectivity index (χ0v) is 16.1. The minimum Gasteiger partial charge on any atom is -0.497 e. The van der Waals surface area contributed by atoms with Crippen molar-refractivity contribution in [2.24, 2.45) is 27.4 Å². The summed E-state index contributed by atoms with van der Waals surface area (Å²) < 4.78 is 16.2. The van der Waals surface area contributed by atoms with E-state index >= 15 is 0 Å². The molecule has 0 aliphatic rings. The van der Waals surface area contributed by atoms with Crippen molar-refractivity contribution in [2.45, 2.75) is 32.4 Å². The number of ether oxygens (including phenoxy) is 1. The van der Waals surface area contributed by atoms with Crippen LogP contribution in [-0.2, 0) is 15.6 Å². The van der Waals surface area contributed by atoms with Crippen molar-refractivity contribution in [1.29, 1.82) is 0 Å². The molecule has 0 saturated heterocycles. The number of amides is 1. The Bertz CT molecular complexity index is 694. The van der Waals surface area contributed by atoms with Crippen molar-refractivity contribution in [2.75, 3.05) is 12.9 Å². The van der Waals surface area contributed by atoms with Gasteiger partial charge in [-0.2, -0.15) is 9.98 Å². The molecule has 0 bridgehead atoms. The standard InChI is InChI=1S/C17H26N4O3S/c1-11(2)10-25(23)17(3,4)15(22)21-16(19)20-14(18)12-6-8-13(24-5)9-7-12/h6-9,11H,10H2,1-5H3,(H4,18,19,20,21,22). The van der Waals surface area contributed by atoms with Gasteiger partial charge in [0.05, 0.1) is 7.11 Å². The first-order valence-corrected chi connectivity index (χ1v) is 9.15. The molecule has 0 spiro atoms. The van der Waals surface area contributed by atoms with Crippen molar-refractivity contribution in [1.82, 2.24) is 0 Å². The molecule has 0 heterocycles. The molecule has 0 aromatic heterocycles. The van der Waals surface area contributed by atoms with E-state index < -0.39 is 21.5 Å². The third kappa shape index (κ3) is 5.97. The zero-order valence-electron chi connectivity index (χ0n) is 15.3. The number of guanidine groups is 1. The Kier molecular flexibility index (Phi) is 7.29. The monoisotopic (exact) mass is 366 g/mol. The number of rotatable bonds is 6. The minimum atomic E-state index is -1.37. The van der Waals surface area contributed by atoms with Gasteiger partial charge in [0.25, 0.3) is 5.91 Å². The molecule has 1 unspecified atom stereocenters. The number of nitrogens with two attached hydrogens (primary N) is 2. The first-order valence-electron chi connectivity index (χ1n) is 7.83. The number of nitrogens with zero attached hydrogens (tertiary/aromatic N) is 2. The average Bonchev–Trinajstić information content (AvgIpc) is 2.53. The van der Waals surface area contributed by atoms with E-state index in [-0.39, 0.29) is 17.7 Å². The molecule has 0 fully saturated rings. The SMILES string of the molecule is COc1ccc(/C(N)=N/C(N)=NC(=O)C(C)(C)S(=O)CC(C)C)cc1. The van der Waals surface area contributed by atoms with Crippen LogP contribution < -0.4 is 16.2 Å². The highest BCUT2D eigenvalue weighted by Gasteiger charge is 2.34. The molecule has 1 rings (SSSR count). The Balaban J connectivity index is 2.94. The highest BCUT2D eigenvalue weighted by atomic mass is 32.2. The maximum atomic E-state index is 12.3. The molecule has 1 aromatic rings. The predicted molar refractivity (Wildman–Crippen MR) is 102 cm³/mol. The Labute approximate surface area is 151 Å². The number of aliphatic imine (C=N–C) groups is 2. The first kappa shape index (κ1) is 20.8. The van der Waals surface area contributed by atoms with Crippen molar-refractivity contribution in [3.8, 4) is 5.75 Å². The van der Waals surface area contributed by atoms with Gasteiger partial charge in [-0.15, -0.1) is 0 Å². The van der Waals surface area contributed by atoms with E-state index in [1.165, 1.54) is 0 Å². The predicted octanol–water partition coefficient (Wildman–Crippen LogP) is 1.43. The number of carbonyl (C=O) groups excluding carboxylic acids is 1. The van der Waals surface area contributed by atoms with Crippen molar-refractivity contribution >= 4 is 28.5 Å². The van der Waals surface area contributed by atoms with Gasteiger partial charge in [-0.3, -0.25) is 9.00 Å². The van der Waals surface area contributed by atoms with Crippen molar-refractivity contribution < 1.29 is 13.7 Å². The summed E-state index contributed by atoms with van der Waals surface area (Å²) in [5.41, 5.74) is 12.2. The van der Waals surface area contributed by atoms with Gasteiger partial charge in [-0.25, -0.2) is 0 Å². The summed E-state index contributed by atoms with van der Waals surface area (Å²) in [6.45, 7) is 7.05. The van der Waals surface area contributed by atoms with Gasteiger partial charge in [0, 0.05) is 22.1 Å². The normalized spacial score (nSPS) is 14.5. The molecule has 0 aliphatic heterocycles.